The van der Waals surface area contributed by atoms with E-state index >= 15 is 0 Å². The van der Waals surface area contributed by atoms with Crippen molar-refractivity contribution in [3.63, 3.8) is 0 Å². The van der Waals surface area contributed by atoms with Crippen LogP contribution in [-0.2, 0) is 11.8 Å². The van der Waals surface area contributed by atoms with Crippen LogP contribution in [0.3, 0.4) is 0 Å². The van der Waals surface area contributed by atoms with Crippen molar-refractivity contribution >= 4 is 5.91 Å². The minimum Gasteiger partial charge on any atom is -0.267 e. The summed E-state index contributed by atoms with van der Waals surface area (Å²) in [7, 11) is 0. The molecule has 1 N–H and O–H groups in total. The average molecular weight is 476 g/mol. The molecule has 0 aliphatic heterocycles. The van der Waals surface area contributed by atoms with E-state index in [9.17, 15) is 9.59 Å². The molecule has 5 nitrogen and oxygen atoms in total. The molecule has 1 aromatic heterocycles. The number of carbonyl (C=O) groups is 1. The summed E-state index contributed by atoms with van der Waals surface area (Å²) in [5.74, 6) is 0.117. The Labute approximate surface area is 210 Å². The average Bonchev–Trinajstić information content (AvgIpc) is 3.16. The number of nitrogens with one attached hydrogen (secondary N) is 1. The molecule has 1 saturated carbocycles. The molecule has 6 rings (SSSR count). The molecular formula is C31H29N3O2. The lowest BCUT2D eigenvalue weighted by atomic mass is 9.65. The van der Waals surface area contributed by atoms with Crippen LogP contribution in [0.25, 0.3) is 22.6 Å². The van der Waals surface area contributed by atoms with E-state index in [0.717, 1.165) is 54.5 Å². The van der Waals surface area contributed by atoms with Gasteiger partial charge in [0.05, 0.1) is 11.3 Å². The Bertz CT molecular complexity index is 1470. The molecular weight excluding hydrogens is 446 g/mol. The number of amides is 1. The fourth-order valence-corrected chi connectivity index (χ4v) is 6.02. The number of fused-ring (bicyclic) bond motifs is 4. The molecule has 1 fully saturated rings. The molecule has 0 atom stereocenters. The van der Waals surface area contributed by atoms with Crippen LogP contribution in [0.1, 0.15) is 60.0 Å². The van der Waals surface area contributed by atoms with Crippen molar-refractivity contribution < 1.29 is 4.79 Å². The lowest BCUT2D eigenvalue weighted by Gasteiger charge is -2.39. The summed E-state index contributed by atoms with van der Waals surface area (Å²) in [5.41, 5.74) is 7.56. The lowest BCUT2D eigenvalue weighted by Crippen LogP contribution is -2.45. The molecule has 5 heteroatoms. The Kier molecular flexibility index (Phi) is 5.76. The van der Waals surface area contributed by atoms with E-state index in [2.05, 4.69) is 23.6 Å². The van der Waals surface area contributed by atoms with Crippen molar-refractivity contribution in [2.75, 3.05) is 5.43 Å². The van der Waals surface area contributed by atoms with Crippen LogP contribution in [0.5, 0.6) is 0 Å². The second-order valence-corrected chi connectivity index (χ2v) is 10.0. The van der Waals surface area contributed by atoms with Gasteiger partial charge in [-0.2, -0.15) is 4.68 Å². The van der Waals surface area contributed by atoms with Crippen LogP contribution in [-0.4, -0.2) is 15.6 Å². The Morgan fingerprint density at radius 3 is 2.17 bits per heavy atom. The molecule has 2 aliphatic carbocycles. The molecule has 1 amide bonds. The first kappa shape index (κ1) is 22.5. The van der Waals surface area contributed by atoms with Crippen LogP contribution in [0.4, 0.5) is 0 Å². The third kappa shape index (κ3) is 3.85. The predicted molar refractivity (Wildman–Crippen MR) is 143 cm³/mol. The zero-order valence-corrected chi connectivity index (χ0v) is 20.2. The van der Waals surface area contributed by atoms with Gasteiger partial charge >= 0.3 is 0 Å². The number of benzene rings is 3. The van der Waals surface area contributed by atoms with Gasteiger partial charge in [-0.25, -0.2) is 4.98 Å². The van der Waals surface area contributed by atoms with Crippen molar-refractivity contribution in [3.8, 4) is 22.6 Å². The Balaban J connectivity index is 1.61. The standard InChI is InChI=1S/C31H29N3O2/c35-29(23-15-7-4-8-16-23)33-34-28(22-13-5-3-6-14-22)32-27-25-18-10-9-17-24(25)21-31(26(27)30(34)36)19-11-1-2-12-20-31/h3-10,13-18H,1-2,11-12,19-21H2,(H,33,35). The molecule has 1 heterocycles. The van der Waals surface area contributed by atoms with Crippen LogP contribution >= 0.6 is 0 Å². The van der Waals surface area contributed by atoms with Crippen LogP contribution in [0.15, 0.2) is 89.7 Å². The van der Waals surface area contributed by atoms with E-state index in [-0.39, 0.29) is 16.9 Å². The SMILES string of the molecule is O=C(Nn1c(-c2ccccc2)nc2c(c1=O)C1(CCCCCC1)Cc1ccccc1-2)c1ccccc1. The second-order valence-electron chi connectivity index (χ2n) is 10.0. The van der Waals surface area contributed by atoms with Gasteiger partial charge in [0, 0.05) is 22.1 Å². The number of aromatic nitrogens is 2. The lowest BCUT2D eigenvalue weighted by molar-refractivity contribution is 0.101. The Morgan fingerprint density at radius 2 is 1.44 bits per heavy atom. The second kappa shape index (κ2) is 9.23. The first-order valence-electron chi connectivity index (χ1n) is 12.8. The summed E-state index contributed by atoms with van der Waals surface area (Å²) < 4.78 is 1.39. The molecule has 36 heavy (non-hydrogen) atoms. The van der Waals surface area contributed by atoms with Crippen LogP contribution in [0.2, 0.25) is 0 Å². The van der Waals surface area contributed by atoms with E-state index in [1.807, 2.05) is 54.6 Å². The van der Waals surface area contributed by atoms with E-state index in [1.165, 1.54) is 23.1 Å². The fourth-order valence-electron chi connectivity index (χ4n) is 6.02. The fraction of sp³-hybridized carbons (Fsp3) is 0.258. The topological polar surface area (TPSA) is 64.0 Å². The van der Waals surface area contributed by atoms with Crippen molar-refractivity contribution in [3.05, 3.63) is 112 Å². The van der Waals surface area contributed by atoms with E-state index in [0.29, 0.717) is 11.4 Å². The first-order valence-corrected chi connectivity index (χ1v) is 12.8. The first-order chi connectivity index (χ1) is 17.7. The number of hydrogen-bond acceptors (Lipinski definition) is 3. The van der Waals surface area contributed by atoms with Gasteiger partial charge in [0.25, 0.3) is 11.5 Å². The summed E-state index contributed by atoms with van der Waals surface area (Å²) in [6.45, 7) is 0. The van der Waals surface area contributed by atoms with Gasteiger partial charge in [0.1, 0.15) is 0 Å². The third-order valence-electron chi connectivity index (χ3n) is 7.76. The quantitative estimate of drug-likeness (QED) is 0.389. The Hall–Kier alpha value is -3.99. The smallest absolute Gasteiger partial charge is 0.267 e. The highest BCUT2D eigenvalue weighted by molar-refractivity contribution is 6.00. The molecule has 3 aromatic carbocycles. The maximum Gasteiger partial charge on any atom is 0.277 e. The molecule has 2 aliphatic rings. The maximum atomic E-state index is 14.5. The highest BCUT2D eigenvalue weighted by Gasteiger charge is 2.43. The summed E-state index contributed by atoms with van der Waals surface area (Å²) in [6.07, 6.45) is 7.33. The van der Waals surface area contributed by atoms with Crippen molar-refractivity contribution in [1.29, 1.82) is 0 Å². The minimum absolute atomic E-state index is 0.167. The van der Waals surface area contributed by atoms with Gasteiger partial charge in [-0.3, -0.25) is 15.0 Å². The Morgan fingerprint density at radius 1 is 0.806 bits per heavy atom. The summed E-state index contributed by atoms with van der Waals surface area (Å²) in [4.78, 5) is 32.9. The number of hydrogen-bond donors (Lipinski definition) is 1. The van der Waals surface area contributed by atoms with E-state index in [4.69, 9.17) is 4.98 Å². The molecule has 0 unspecified atom stereocenters. The molecule has 0 radical (unpaired) electrons. The van der Waals surface area contributed by atoms with Gasteiger partial charge in [0.15, 0.2) is 5.82 Å². The zero-order valence-electron chi connectivity index (χ0n) is 20.2. The molecule has 0 saturated heterocycles. The molecule has 180 valence electrons. The summed E-state index contributed by atoms with van der Waals surface area (Å²) in [6, 6.07) is 27.0. The summed E-state index contributed by atoms with van der Waals surface area (Å²) >= 11 is 0. The number of carbonyl (C=O) groups excluding carboxylic acids is 1. The molecule has 0 bridgehead atoms. The van der Waals surface area contributed by atoms with Crippen LogP contribution in [0, 0.1) is 0 Å². The molecule has 1 spiro atoms. The number of nitrogens with zero attached hydrogens (tertiary/aromatic N) is 2. The highest BCUT2D eigenvalue weighted by atomic mass is 16.2. The van der Waals surface area contributed by atoms with Gasteiger partial charge in [0.2, 0.25) is 0 Å². The number of rotatable bonds is 3. The highest BCUT2D eigenvalue weighted by Crippen LogP contribution is 2.48. The normalized spacial score (nSPS) is 16.0. The zero-order chi connectivity index (χ0) is 24.5. The maximum absolute atomic E-state index is 14.5. The van der Waals surface area contributed by atoms with Crippen molar-refractivity contribution in [2.24, 2.45) is 0 Å². The minimum atomic E-state index is -0.331. The van der Waals surface area contributed by atoms with Gasteiger partial charge < -0.3 is 0 Å². The third-order valence-corrected chi connectivity index (χ3v) is 7.76. The van der Waals surface area contributed by atoms with E-state index < -0.39 is 0 Å². The van der Waals surface area contributed by atoms with Gasteiger partial charge in [-0.1, -0.05) is 98.5 Å². The monoisotopic (exact) mass is 475 g/mol. The van der Waals surface area contributed by atoms with Crippen LogP contribution < -0.4 is 11.0 Å². The predicted octanol–water partition coefficient (Wildman–Crippen LogP) is 6.11. The van der Waals surface area contributed by atoms with Gasteiger partial charge in [-0.05, 0) is 37.0 Å². The largest absolute Gasteiger partial charge is 0.277 e. The van der Waals surface area contributed by atoms with Crippen molar-refractivity contribution in [1.82, 2.24) is 9.66 Å². The van der Waals surface area contributed by atoms with E-state index in [1.54, 1.807) is 12.1 Å². The summed E-state index contributed by atoms with van der Waals surface area (Å²) in [5, 5.41) is 0. The van der Waals surface area contributed by atoms with Gasteiger partial charge in [-0.15, -0.1) is 0 Å². The van der Waals surface area contributed by atoms with Crippen molar-refractivity contribution in [2.45, 2.75) is 50.4 Å². The molecule has 4 aromatic rings.